The van der Waals surface area contributed by atoms with Gasteiger partial charge in [-0.2, -0.15) is 0 Å². The molecule has 4 aromatic rings. The molecule has 0 saturated heterocycles. The Hall–Kier alpha value is -3.17. The molecular weight excluding hydrogens is 563 g/mol. The second-order valence-electron chi connectivity index (χ2n) is 8.42. The van der Waals surface area contributed by atoms with Gasteiger partial charge in [-0.3, -0.25) is 9.52 Å². The fraction of sp³-hybridized carbons (Fsp3) is 0.107. The summed E-state index contributed by atoms with van der Waals surface area (Å²) in [5, 5.41) is 3.92. The predicted molar refractivity (Wildman–Crippen MR) is 156 cm³/mol. The van der Waals surface area contributed by atoms with Crippen LogP contribution >= 0.6 is 35.0 Å². The second-order valence-corrected chi connectivity index (χ2v) is 12.6. The van der Waals surface area contributed by atoms with Crippen molar-refractivity contribution in [3.63, 3.8) is 0 Å². The van der Waals surface area contributed by atoms with Gasteiger partial charge in [0.15, 0.2) is 0 Å². The molecule has 2 N–H and O–H groups in total. The second kappa shape index (κ2) is 12.1. The number of halogens is 2. The third-order valence-electron chi connectivity index (χ3n) is 5.17. The molecular formula is C28H24Cl2N2O4S2. The van der Waals surface area contributed by atoms with Gasteiger partial charge in [-0.05, 0) is 66.7 Å². The Balaban J connectivity index is 1.55. The number of thioether (sulfide) groups is 1. The summed E-state index contributed by atoms with van der Waals surface area (Å²) in [6.45, 7) is 4.12. The Kier molecular flexibility index (Phi) is 8.89. The molecule has 0 radical (unpaired) electrons. The van der Waals surface area contributed by atoms with Crippen LogP contribution in [0.25, 0.3) is 0 Å². The number of anilines is 2. The summed E-state index contributed by atoms with van der Waals surface area (Å²) in [6, 6.07) is 24.7. The number of hydrogen-bond acceptors (Lipinski definition) is 5. The topological polar surface area (TPSA) is 84.5 Å². The number of amides is 1. The first-order valence-corrected chi connectivity index (χ1v) is 14.7. The van der Waals surface area contributed by atoms with Gasteiger partial charge < -0.3 is 10.1 Å². The molecule has 0 aromatic heterocycles. The maximum Gasteiger partial charge on any atom is 0.261 e. The molecule has 0 atom stereocenters. The maximum absolute atomic E-state index is 13.3. The Labute approximate surface area is 236 Å². The van der Waals surface area contributed by atoms with Crippen molar-refractivity contribution in [1.82, 2.24) is 0 Å². The third kappa shape index (κ3) is 7.02. The highest BCUT2D eigenvalue weighted by Gasteiger charge is 2.20. The van der Waals surface area contributed by atoms with Gasteiger partial charge in [0, 0.05) is 15.2 Å². The van der Waals surface area contributed by atoms with Crippen molar-refractivity contribution in [1.29, 1.82) is 0 Å². The van der Waals surface area contributed by atoms with Crippen LogP contribution in [0.3, 0.4) is 0 Å². The number of rotatable bonds is 9. The molecule has 38 heavy (non-hydrogen) atoms. The highest BCUT2D eigenvalue weighted by molar-refractivity contribution is 8.00. The molecule has 0 heterocycles. The number of sulfonamides is 1. The summed E-state index contributed by atoms with van der Waals surface area (Å²) < 4.78 is 34.6. The van der Waals surface area contributed by atoms with Crippen molar-refractivity contribution in [2.45, 2.75) is 28.9 Å². The predicted octanol–water partition coefficient (Wildman–Crippen LogP) is 8.34. The summed E-state index contributed by atoms with van der Waals surface area (Å²) >= 11 is 13.9. The fourth-order valence-corrected chi connectivity index (χ4v) is 5.79. The zero-order valence-electron chi connectivity index (χ0n) is 20.4. The largest absolute Gasteiger partial charge is 0.456 e. The third-order valence-corrected chi connectivity index (χ3v) is 8.18. The van der Waals surface area contributed by atoms with E-state index in [4.69, 9.17) is 27.9 Å². The molecule has 0 aliphatic rings. The van der Waals surface area contributed by atoms with E-state index in [1.807, 2.05) is 18.2 Å². The molecule has 0 bridgehead atoms. The summed E-state index contributed by atoms with van der Waals surface area (Å²) in [6.07, 6.45) is 0. The van der Waals surface area contributed by atoms with Gasteiger partial charge in [-0.25, -0.2) is 8.42 Å². The number of hydrogen-bond donors (Lipinski definition) is 2. The van der Waals surface area contributed by atoms with Gasteiger partial charge >= 0.3 is 0 Å². The van der Waals surface area contributed by atoms with Gasteiger partial charge in [0.05, 0.1) is 26.9 Å². The number of ether oxygens (including phenoxy) is 1. The number of nitrogens with one attached hydrogen (secondary N) is 2. The highest BCUT2D eigenvalue weighted by atomic mass is 35.5. The molecule has 4 rings (SSSR count). The summed E-state index contributed by atoms with van der Waals surface area (Å²) in [5.41, 5.74) is 0.806. The molecule has 1 amide bonds. The van der Waals surface area contributed by atoms with Crippen LogP contribution in [-0.4, -0.2) is 19.6 Å². The van der Waals surface area contributed by atoms with E-state index in [2.05, 4.69) is 23.9 Å². The van der Waals surface area contributed by atoms with Gasteiger partial charge in [0.2, 0.25) is 0 Å². The van der Waals surface area contributed by atoms with Crippen molar-refractivity contribution in [2.75, 3.05) is 10.0 Å². The van der Waals surface area contributed by atoms with E-state index < -0.39 is 15.9 Å². The van der Waals surface area contributed by atoms with Gasteiger partial charge in [0.25, 0.3) is 15.9 Å². The molecule has 0 saturated carbocycles. The number of carbonyl (C=O) groups excluding carboxylic acids is 1. The molecule has 0 unspecified atom stereocenters. The lowest BCUT2D eigenvalue weighted by Gasteiger charge is -2.16. The van der Waals surface area contributed by atoms with Gasteiger partial charge in [0.1, 0.15) is 11.5 Å². The molecule has 10 heteroatoms. The van der Waals surface area contributed by atoms with Gasteiger partial charge in [-0.15, -0.1) is 11.8 Å². The quantitative estimate of drug-likeness (QED) is 0.192. The lowest BCUT2D eigenvalue weighted by atomic mass is 10.1. The molecule has 196 valence electrons. The average Bonchev–Trinajstić information content (AvgIpc) is 2.87. The number of carbonyl (C=O) groups is 1. The average molecular weight is 588 g/mol. The first kappa shape index (κ1) is 27.9. The van der Waals surface area contributed by atoms with E-state index in [1.165, 1.54) is 42.5 Å². The highest BCUT2D eigenvalue weighted by Crippen LogP contribution is 2.32. The molecule has 0 fully saturated rings. The smallest absolute Gasteiger partial charge is 0.261 e. The minimum absolute atomic E-state index is 0.0102. The molecule has 0 spiro atoms. The molecule has 0 aliphatic carbocycles. The van der Waals surface area contributed by atoms with Crippen LogP contribution in [0.2, 0.25) is 10.0 Å². The zero-order chi connectivity index (χ0) is 27.3. The minimum Gasteiger partial charge on any atom is -0.456 e. The molecule has 4 aromatic carbocycles. The van der Waals surface area contributed by atoms with E-state index in [0.29, 0.717) is 32.5 Å². The van der Waals surface area contributed by atoms with Crippen molar-refractivity contribution >= 4 is 62.3 Å². The Morgan fingerprint density at radius 1 is 0.868 bits per heavy atom. The summed E-state index contributed by atoms with van der Waals surface area (Å²) in [7, 11) is -4.04. The monoisotopic (exact) mass is 586 g/mol. The van der Waals surface area contributed by atoms with Gasteiger partial charge in [-0.1, -0.05) is 61.3 Å². The minimum atomic E-state index is -4.04. The van der Waals surface area contributed by atoms with Crippen LogP contribution in [0, 0.1) is 0 Å². The Morgan fingerprint density at radius 3 is 2.26 bits per heavy atom. The SMILES string of the molecule is CC(C)Sc1ccccc1NC(=O)c1cc(Cl)ccc1NS(=O)(=O)c1ccc(Oc2ccccc2Cl)cc1. The molecule has 6 nitrogen and oxygen atoms in total. The van der Waals surface area contributed by atoms with Crippen molar-refractivity contribution in [3.8, 4) is 11.5 Å². The first-order chi connectivity index (χ1) is 18.1. The zero-order valence-corrected chi connectivity index (χ0v) is 23.6. The Bertz CT molecular complexity index is 1560. The van der Waals surface area contributed by atoms with Crippen LogP contribution in [0.4, 0.5) is 11.4 Å². The Morgan fingerprint density at radius 2 is 1.55 bits per heavy atom. The summed E-state index contributed by atoms with van der Waals surface area (Å²) in [5.74, 6) is 0.375. The van der Waals surface area contributed by atoms with E-state index in [1.54, 1.807) is 42.1 Å². The lowest BCUT2D eigenvalue weighted by Crippen LogP contribution is -2.19. The standard InChI is InChI=1S/C28H24Cl2N2O4S2/c1-18(2)37-27-10-6-4-8-25(27)31-28(33)22-17-19(29)11-16-24(22)32-38(34,35)21-14-12-20(13-15-21)36-26-9-5-3-7-23(26)30/h3-18,32H,1-2H3,(H,31,33). The normalized spacial score (nSPS) is 11.3. The summed E-state index contributed by atoms with van der Waals surface area (Å²) in [4.78, 5) is 14.1. The van der Waals surface area contributed by atoms with Crippen LogP contribution in [0.1, 0.15) is 24.2 Å². The van der Waals surface area contributed by atoms with Crippen LogP contribution < -0.4 is 14.8 Å². The van der Waals surface area contributed by atoms with E-state index >= 15 is 0 Å². The lowest BCUT2D eigenvalue weighted by molar-refractivity contribution is 0.102. The number of para-hydroxylation sites is 2. The first-order valence-electron chi connectivity index (χ1n) is 11.5. The van der Waals surface area contributed by atoms with Crippen LogP contribution in [0.15, 0.2) is 101 Å². The van der Waals surface area contributed by atoms with Crippen molar-refractivity contribution < 1.29 is 17.9 Å². The van der Waals surface area contributed by atoms with Crippen LogP contribution in [0.5, 0.6) is 11.5 Å². The van der Waals surface area contributed by atoms with E-state index in [9.17, 15) is 13.2 Å². The number of benzene rings is 4. The van der Waals surface area contributed by atoms with E-state index in [-0.39, 0.29) is 16.1 Å². The van der Waals surface area contributed by atoms with E-state index in [0.717, 1.165) is 4.90 Å². The van der Waals surface area contributed by atoms with Crippen LogP contribution in [-0.2, 0) is 10.0 Å². The van der Waals surface area contributed by atoms with Crippen molar-refractivity contribution in [2.24, 2.45) is 0 Å². The van der Waals surface area contributed by atoms with Crippen molar-refractivity contribution in [3.05, 3.63) is 107 Å². The maximum atomic E-state index is 13.3. The molecule has 0 aliphatic heterocycles. The fourth-order valence-electron chi connectivity index (χ4n) is 3.45.